The Morgan fingerprint density at radius 2 is 2.12 bits per heavy atom. The summed E-state index contributed by atoms with van der Waals surface area (Å²) in [5.41, 5.74) is 7.48. The molecule has 0 aliphatic rings. The Hall–Kier alpha value is -1.06. The van der Waals surface area contributed by atoms with Gasteiger partial charge in [-0.15, -0.1) is 0 Å². The average molecular weight is 255 g/mol. The molecule has 94 valence electrons. The number of carbonyl (C=O) groups excluding carboxylic acids is 1. The summed E-state index contributed by atoms with van der Waals surface area (Å²) in [4.78, 5) is 11.8. The summed E-state index contributed by atoms with van der Waals surface area (Å²) in [6.07, 6.45) is 0.308. The van der Waals surface area contributed by atoms with Crippen molar-refractivity contribution in [3.63, 3.8) is 0 Å². The first-order chi connectivity index (χ1) is 7.91. The topological polar surface area (TPSA) is 55.1 Å². The van der Waals surface area contributed by atoms with Crippen LogP contribution in [0.25, 0.3) is 0 Å². The molecule has 1 rings (SSSR count). The normalized spacial score (nSPS) is 12.6. The highest BCUT2D eigenvalue weighted by molar-refractivity contribution is 6.33. The minimum absolute atomic E-state index is 0.0950. The zero-order valence-electron chi connectivity index (χ0n) is 10.5. The first kappa shape index (κ1) is 14.0. The molecule has 0 bridgehead atoms. The predicted molar refractivity (Wildman–Crippen MR) is 72.2 cm³/mol. The third kappa shape index (κ3) is 4.02. The van der Waals surface area contributed by atoms with E-state index in [2.05, 4.69) is 5.32 Å². The number of nitrogens with two attached hydrogens (primary N) is 1. The van der Waals surface area contributed by atoms with Crippen molar-refractivity contribution in [2.24, 2.45) is 11.7 Å². The molecule has 0 saturated heterocycles. The van der Waals surface area contributed by atoms with Gasteiger partial charge in [0.05, 0.1) is 10.7 Å². The Morgan fingerprint density at radius 1 is 1.47 bits per heavy atom. The van der Waals surface area contributed by atoms with Crippen molar-refractivity contribution in [3.8, 4) is 0 Å². The van der Waals surface area contributed by atoms with E-state index >= 15 is 0 Å². The molecule has 17 heavy (non-hydrogen) atoms. The van der Waals surface area contributed by atoms with Crippen molar-refractivity contribution in [2.75, 3.05) is 5.32 Å². The van der Waals surface area contributed by atoms with Crippen molar-refractivity contribution in [1.82, 2.24) is 0 Å². The molecule has 0 aliphatic heterocycles. The number of hydrogen-bond donors (Lipinski definition) is 2. The third-order valence-corrected chi connectivity index (χ3v) is 3.08. The Kier molecular flexibility index (Phi) is 4.97. The number of amides is 1. The maximum atomic E-state index is 11.8. The number of rotatable bonds is 4. The van der Waals surface area contributed by atoms with Gasteiger partial charge in [0.2, 0.25) is 5.91 Å². The Morgan fingerprint density at radius 3 is 2.65 bits per heavy atom. The second-order valence-electron chi connectivity index (χ2n) is 4.59. The Bertz CT molecular complexity index is 384. The van der Waals surface area contributed by atoms with Crippen LogP contribution in [0.5, 0.6) is 0 Å². The van der Waals surface area contributed by atoms with Gasteiger partial charge in [0.15, 0.2) is 0 Å². The lowest BCUT2D eigenvalue weighted by molar-refractivity contribution is -0.116. The van der Waals surface area contributed by atoms with Crippen LogP contribution in [-0.4, -0.2) is 11.9 Å². The van der Waals surface area contributed by atoms with Crippen LogP contribution in [0.2, 0.25) is 5.02 Å². The largest absolute Gasteiger partial charge is 0.327 e. The first-order valence-corrected chi connectivity index (χ1v) is 6.10. The summed E-state index contributed by atoms with van der Waals surface area (Å²) in [5.74, 6) is 0.190. The minimum Gasteiger partial charge on any atom is -0.327 e. The molecule has 0 heterocycles. The molecule has 0 aliphatic carbocycles. The fraction of sp³-hybridized carbons (Fsp3) is 0.462. The van der Waals surface area contributed by atoms with E-state index < -0.39 is 0 Å². The molecule has 3 nitrogen and oxygen atoms in total. The highest BCUT2D eigenvalue weighted by atomic mass is 35.5. The lowest BCUT2D eigenvalue weighted by atomic mass is 10.0. The van der Waals surface area contributed by atoms with Crippen LogP contribution in [0.1, 0.15) is 25.8 Å². The van der Waals surface area contributed by atoms with E-state index in [-0.39, 0.29) is 17.9 Å². The van der Waals surface area contributed by atoms with Gasteiger partial charge in [-0.05, 0) is 24.5 Å². The van der Waals surface area contributed by atoms with Crippen LogP contribution in [0.4, 0.5) is 5.69 Å². The van der Waals surface area contributed by atoms with Gasteiger partial charge >= 0.3 is 0 Å². The number of nitrogens with one attached hydrogen (secondary N) is 1. The maximum absolute atomic E-state index is 11.8. The van der Waals surface area contributed by atoms with E-state index in [1.165, 1.54) is 0 Å². The van der Waals surface area contributed by atoms with Gasteiger partial charge in [-0.1, -0.05) is 37.6 Å². The molecule has 0 spiro atoms. The van der Waals surface area contributed by atoms with Crippen LogP contribution < -0.4 is 11.1 Å². The van der Waals surface area contributed by atoms with Crippen molar-refractivity contribution in [3.05, 3.63) is 28.8 Å². The second-order valence-corrected chi connectivity index (χ2v) is 5.00. The molecule has 1 amide bonds. The quantitative estimate of drug-likeness (QED) is 0.868. The minimum atomic E-state index is -0.127. The number of para-hydroxylation sites is 1. The van der Waals surface area contributed by atoms with E-state index in [4.69, 9.17) is 17.3 Å². The highest BCUT2D eigenvalue weighted by Gasteiger charge is 2.14. The zero-order valence-corrected chi connectivity index (χ0v) is 11.2. The predicted octanol–water partition coefficient (Wildman–Crippen LogP) is 2.96. The van der Waals surface area contributed by atoms with Gasteiger partial charge in [0.25, 0.3) is 0 Å². The van der Waals surface area contributed by atoms with Crippen LogP contribution in [0.15, 0.2) is 18.2 Å². The molecule has 0 saturated carbocycles. The van der Waals surface area contributed by atoms with Gasteiger partial charge in [0, 0.05) is 12.5 Å². The summed E-state index contributed by atoms with van der Waals surface area (Å²) in [5, 5.41) is 3.37. The molecule has 0 radical (unpaired) electrons. The van der Waals surface area contributed by atoms with Gasteiger partial charge in [0.1, 0.15) is 0 Å². The number of anilines is 1. The van der Waals surface area contributed by atoms with Crippen LogP contribution in [0.3, 0.4) is 0 Å². The highest BCUT2D eigenvalue weighted by Crippen LogP contribution is 2.25. The Balaban J connectivity index is 2.69. The van der Waals surface area contributed by atoms with Gasteiger partial charge in [-0.3, -0.25) is 4.79 Å². The van der Waals surface area contributed by atoms with E-state index in [9.17, 15) is 4.79 Å². The first-order valence-electron chi connectivity index (χ1n) is 5.72. The van der Waals surface area contributed by atoms with E-state index in [1.807, 2.05) is 32.9 Å². The molecule has 1 aromatic rings. The summed E-state index contributed by atoms with van der Waals surface area (Å²) in [7, 11) is 0. The fourth-order valence-electron chi connectivity index (χ4n) is 1.43. The van der Waals surface area contributed by atoms with Crippen LogP contribution in [0, 0.1) is 12.8 Å². The number of carbonyl (C=O) groups is 1. The van der Waals surface area contributed by atoms with Crippen molar-refractivity contribution >= 4 is 23.2 Å². The molecular weight excluding hydrogens is 236 g/mol. The number of benzene rings is 1. The smallest absolute Gasteiger partial charge is 0.225 e. The van der Waals surface area contributed by atoms with E-state index in [1.54, 1.807) is 6.07 Å². The van der Waals surface area contributed by atoms with Gasteiger partial charge in [-0.25, -0.2) is 0 Å². The lowest BCUT2D eigenvalue weighted by Crippen LogP contribution is -2.31. The van der Waals surface area contributed by atoms with E-state index in [0.29, 0.717) is 17.1 Å². The second kappa shape index (κ2) is 6.03. The summed E-state index contributed by atoms with van der Waals surface area (Å²) >= 11 is 6.03. The molecule has 0 fully saturated rings. The maximum Gasteiger partial charge on any atom is 0.225 e. The number of aryl methyl sites for hydroxylation is 1. The molecule has 0 aromatic heterocycles. The van der Waals surface area contributed by atoms with Gasteiger partial charge in [-0.2, -0.15) is 0 Å². The van der Waals surface area contributed by atoms with Crippen LogP contribution in [-0.2, 0) is 4.79 Å². The standard InChI is InChI=1S/C13H19ClN2O/c1-8(2)11(15)7-12(17)16-13-9(3)5-4-6-10(13)14/h4-6,8,11H,7,15H2,1-3H3,(H,16,17). The lowest BCUT2D eigenvalue weighted by Gasteiger charge is -2.16. The van der Waals surface area contributed by atoms with E-state index in [0.717, 1.165) is 5.56 Å². The molecule has 1 aromatic carbocycles. The number of halogens is 1. The average Bonchev–Trinajstić information content (AvgIpc) is 2.23. The molecular formula is C13H19ClN2O. The van der Waals surface area contributed by atoms with Crippen molar-refractivity contribution in [2.45, 2.75) is 33.2 Å². The van der Waals surface area contributed by atoms with Gasteiger partial charge < -0.3 is 11.1 Å². The monoisotopic (exact) mass is 254 g/mol. The molecule has 4 heteroatoms. The Labute approximate surface area is 107 Å². The van der Waals surface area contributed by atoms with Crippen molar-refractivity contribution in [1.29, 1.82) is 0 Å². The summed E-state index contributed by atoms with van der Waals surface area (Å²) < 4.78 is 0. The SMILES string of the molecule is Cc1cccc(Cl)c1NC(=O)CC(N)C(C)C. The molecule has 1 atom stereocenters. The summed E-state index contributed by atoms with van der Waals surface area (Å²) in [6.45, 7) is 5.90. The third-order valence-electron chi connectivity index (χ3n) is 2.76. The van der Waals surface area contributed by atoms with Crippen molar-refractivity contribution < 1.29 is 4.79 Å². The zero-order chi connectivity index (χ0) is 13.0. The molecule has 3 N–H and O–H groups in total. The fourth-order valence-corrected chi connectivity index (χ4v) is 1.70. The summed E-state index contributed by atoms with van der Waals surface area (Å²) in [6, 6.07) is 5.39. The number of hydrogen-bond acceptors (Lipinski definition) is 2. The molecule has 1 unspecified atom stereocenters. The van der Waals surface area contributed by atoms with Crippen LogP contribution >= 0.6 is 11.6 Å².